The number of hydrogen-bond acceptors (Lipinski definition) is 3. The van der Waals surface area contributed by atoms with Crippen LogP contribution in [0.15, 0.2) is 0 Å². The van der Waals surface area contributed by atoms with Gasteiger partial charge in [0, 0.05) is 227 Å². The minimum atomic E-state index is -1.15. The van der Waals surface area contributed by atoms with Crippen LogP contribution in [0.5, 0.6) is 0 Å². The molecule has 0 aromatic heterocycles. The topological polar surface area (TPSA) is 17.1 Å². The zero-order valence-electron chi connectivity index (χ0n) is 14.4. The summed E-state index contributed by atoms with van der Waals surface area (Å²) in [7, 11) is 40.0. The fourth-order valence-corrected chi connectivity index (χ4v) is 58.4. The third kappa shape index (κ3) is 28.1. The molecular formula is C5H7FOS25. The molecule has 2 atom stereocenters. The number of halogens is 1. The first-order chi connectivity index (χ1) is 15.6. The summed E-state index contributed by atoms with van der Waals surface area (Å²) in [6.07, 6.45) is 1.11. The van der Waals surface area contributed by atoms with Gasteiger partial charge in [-0.25, -0.2) is 4.39 Å². The zero-order valence-corrected chi connectivity index (χ0v) is 34.8. The van der Waals surface area contributed by atoms with E-state index in [2.05, 4.69) is 0 Å². The van der Waals surface area contributed by atoms with Crippen LogP contribution in [0.25, 0.3) is 0 Å². The number of hydrogen-bond donors (Lipinski definition) is 0. The fourth-order valence-electron chi connectivity index (χ4n) is 0.799. The quantitative estimate of drug-likeness (QED) is 0.365. The van der Waals surface area contributed by atoms with E-state index in [0.29, 0.717) is 12.7 Å². The molecule has 32 heavy (non-hydrogen) atoms. The SMILES string of the molecule is CC1(F)CC1C=O.S=S=S=S=S=S=S=S=S=S=S=S=S=S=S=S=S=S=S=S=S=S=S=S=S. The molecule has 1 aliphatic carbocycles. The minimum absolute atomic E-state index is 0.299. The third-order valence-corrected chi connectivity index (χ3v) is 50.9. The lowest BCUT2D eigenvalue weighted by Gasteiger charge is -1.86. The van der Waals surface area contributed by atoms with Crippen molar-refractivity contribution in [1.29, 1.82) is 0 Å². The maximum absolute atomic E-state index is 12.2. The van der Waals surface area contributed by atoms with E-state index in [1.54, 1.807) is 124 Å². The van der Waals surface area contributed by atoms with E-state index in [0.717, 1.165) is 0 Å². The Labute approximate surface area is 261 Å². The molecule has 0 radical (unpaired) electrons. The summed E-state index contributed by atoms with van der Waals surface area (Å²) in [6.45, 7) is 1.45. The summed E-state index contributed by atoms with van der Waals surface area (Å²) >= 11 is 9.55. The van der Waals surface area contributed by atoms with Crippen molar-refractivity contribution in [2.75, 3.05) is 0 Å². The summed E-state index contributed by atoms with van der Waals surface area (Å²) in [5.74, 6) is -0.299. The second-order valence-electron chi connectivity index (χ2n) is 3.79. The Balaban J connectivity index is 0.00000115. The van der Waals surface area contributed by atoms with Gasteiger partial charge in [-0.2, -0.15) is 0 Å². The smallest absolute Gasteiger partial charge is 0.126 e. The summed E-state index contributed by atoms with van der Waals surface area (Å²) in [5, 5.41) is 0. The number of carbonyl (C=O) groups is 1. The molecule has 0 aromatic rings. The first-order valence-electron chi connectivity index (χ1n) is 6.31. The first-order valence-corrected chi connectivity index (χ1v) is 38.3. The molecule has 0 amide bonds. The monoisotopic (exact) mass is 901 g/mol. The Morgan fingerprint density at radius 3 is 0.875 bits per heavy atom. The van der Waals surface area contributed by atoms with Crippen LogP contribution in [-0.2, 0) is 231 Å². The number of alkyl halides is 1. The molecule has 1 saturated carbocycles. The molecule has 190 valence electrons. The van der Waals surface area contributed by atoms with E-state index in [1.807, 2.05) is 62.2 Å². The van der Waals surface area contributed by atoms with E-state index in [4.69, 9.17) is 22.4 Å². The standard InChI is InChI=1S/C5H7FO.S25/c1-5(6)2-4(5)3-7;1-3-5-7-9-11-13-15-17-19-21-23-25-24-22-20-18-16-14-12-10-8-6-4-2/h3-4H,2H2,1H3;. The van der Waals surface area contributed by atoms with Crippen LogP contribution in [-0.4, -0.2) is 12.0 Å². The van der Waals surface area contributed by atoms with E-state index in [-0.39, 0.29) is 5.92 Å². The van der Waals surface area contributed by atoms with Crippen molar-refractivity contribution in [3.05, 3.63) is 0 Å². The highest BCUT2D eigenvalue weighted by Gasteiger charge is 2.50. The van der Waals surface area contributed by atoms with Crippen molar-refractivity contribution in [3.63, 3.8) is 0 Å². The maximum Gasteiger partial charge on any atom is 0.126 e. The van der Waals surface area contributed by atoms with E-state index in [9.17, 15) is 9.18 Å². The Kier molecular flexibility index (Phi) is 33.7. The first kappa shape index (κ1) is 37.1. The lowest BCUT2D eigenvalue weighted by Crippen LogP contribution is -1.95. The molecule has 0 heterocycles. The van der Waals surface area contributed by atoms with E-state index < -0.39 is 5.67 Å². The molecule has 1 aliphatic rings. The summed E-state index contributed by atoms with van der Waals surface area (Å²) in [4.78, 5) is 9.74. The third-order valence-electron chi connectivity index (χ3n) is 2.01. The summed E-state index contributed by atoms with van der Waals surface area (Å²) < 4.78 is 12.2. The fraction of sp³-hybridized carbons (Fsp3) is 0.800. The van der Waals surface area contributed by atoms with Gasteiger partial charge in [0.05, 0.1) is 5.92 Å². The molecule has 0 spiro atoms. The molecule has 1 fully saturated rings. The largest absolute Gasteiger partial charge is 0.303 e. The average molecular weight is 904 g/mol. The second-order valence-corrected chi connectivity index (χ2v) is 44.5. The molecule has 0 saturated heterocycles. The van der Waals surface area contributed by atoms with Gasteiger partial charge >= 0.3 is 0 Å². The average Bonchev–Trinajstić information content (AvgIpc) is 3.42. The van der Waals surface area contributed by atoms with Crippen LogP contribution in [0, 0.1) is 5.92 Å². The number of rotatable bonds is 1. The minimum Gasteiger partial charge on any atom is -0.303 e. The Hall–Kier alpha value is 5.10. The van der Waals surface area contributed by atoms with E-state index >= 15 is 0 Å². The van der Waals surface area contributed by atoms with Crippen molar-refractivity contribution in [1.82, 2.24) is 0 Å². The van der Waals surface area contributed by atoms with Crippen LogP contribution in [0.2, 0.25) is 0 Å². The van der Waals surface area contributed by atoms with Gasteiger partial charge in [0.1, 0.15) is 12.0 Å². The Bertz CT molecular complexity index is 1540. The van der Waals surface area contributed by atoms with Gasteiger partial charge < -0.3 is 4.79 Å². The summed E-state index contributed by atoms with van der Waals surface area (Å²) in [5.41, 5.74) is -1.15. The highest BCUT2D eigenvalue weighted by atomic mass is 33.5. The van der Waals surface area contributed by atoms with Gasteiger partial charge in [0.2, 0.25) is 0 Å². The maximum atomic E-state index is 12.2. The predicted molar refractivity (Wildman–Crippen MR) is 208 cm³/mol. The van der Waals surface area contributed by atoms with Crippen molar-refractivity contribution < 1.29 is 9.18 Å². The predicted octanol–water partition coefficient (Wildman–Crippen LogP) is 0.873. The zero-order chi connectivity index (χ0) is 23.8. The molecule has 0 bridgehead atoms. The van der Waals surface area contributed by atoms with Gasteiger partial charge in [-0.05, 0) is 13.3 Å². The van der Waals surface area contributed by atoms with Crippen LogP contribution >= 0.6 is 0 Å². The van der Waals surface area contributed by atoms with Gasteiger partial charge in [0.15, 0.2) is 0 Å². The van der Waals surface area contributed by atoms with E-state index in [1.165, 1.54) is 24.7 Å². The van der Waals surface area contributed by atoms with Crippen LogP contribution < -0.4 is 0 Å². The second kappa shape index (κ2) is 29.1. The van der Waals surface area contributed by atoms with Crippen molar-refractivity contribution in [2.45, 2.75) is 19.0 Å². The lowest BCUT2D eigenvalue weighted by atomic mass is 10.3. The Morgan fingerprint density at radius 1 is 0.594 bits per heavy atom. The normalized spacial score (nSPS) is 16.5. The highest BCUT2D eigenvalue weighted by Crippen LogP contribution is 2.44. The molecule has 1 rings (SSSR count). The van der Waals surface area contributed by atoms with Gasteiger partial charge in [-0.15, -0.1) is 0 Å². The number of carbonyl (C=O) groups excluding carboxylic acids is 1. The van der Waals surface area contributed by atoms with Gasteiger partial charge in [0.25, 0.3) is 0 Å². The lowest BCUT2D eigenvalue weighted by molar-refractivity contribution is -0.109. The van der Waals surface area contributed by atoms with Gasteiger partial charge in [-0.1, -0.05) is 0 Å². The summed E-state index contributed by atoms with van der Waals surface area (Å²) in [6, 6.07) is 0. The van der Waals surface area contributed by atoms with Crippen molar-refractivity contribution in [2.24, 2.45) is 5.92 Å². The molecule has 0 aromatic carbocycles. The molecule has 2 unspecified atom stereocenters. The molecule has 27 heteroatoms. The van der Waals surface area contributed by atoms with Crippen LogP contribution in [0.3, 0.4) is 0 Å². The van der Waals surface area contributed by atoms with Gasteiger partial charge in [-0.3, -0.25) is 0 Å². The van der Waals surface area contributed by atoms with Crippen molar-refractivity contribution in [3.8, 4) is 0 Å². The number of aldehydes is 1. The molecular weight excluding hydrogens is 897 g/mol. The van der Waals surface area contributed by atoms with Crippen molar-refractivity contribution >= 4 is 233 Å². The molecule has 1 nitrogen and oxygen atoms in total. The molecule has 0 N–H and O–H groups in total. The highest BCUT2D eigenvalue weighted by molar-refractivity contribution is 8.79. The Morgan fingerprint density at radius 2 is 0.781 bits per heavy atom. The van der Waals surface area contributed by atoms with Crippen LogP contribution in [0.1, 0.15) is 13.3 Å². The van der Waals surface area contributed by atoms with Crippen LogP contribution in [0.4, 0.5) is 4.39 Å². The molecule has 0 aliphatic heterocycles.